The van der Waals surface area contributed by atoms with E-state index in [-0.39, 0.29) is 5.97 Å². The molecule has 0 bridgehead atoms. The van der Waals surface area contributed by atoms with Crippen molar-refractivity contribution in [2.45, 2.75) is 45.6 Å². The van der Waals surface area contributed by atoms with Crippen LogP contribution in [0.3, 0.4) is 0 Å². The highest BCUT2D eigenvalue weighted by Gasteiger charge is 2.40. The standard InChI is InChI=1S/C14H28N2O2/c1-5-18-13(17)14(15-11-12(2)3)7-6-9-16(4)10-8-14/h12,15H,5-11H2,1-4H3. The van der Waals surface area contributed by atoms with Crippen molar-refractivity contribution in [3.8, 4) is 0 Å². The van der Waals surface area contributed by atoms with E-state index >= 15 is 0 Å². The van der Waals surface area contributed by atoms with Gasteiger partial charge in [-0.1, -0.05) is 13.8 Å². The molecule has 4 heteroatoms. The third kappa shape index (κ3) is 4.25. The molecule has 1 aliphatic rings. The molecule has 4 nitrogen and oxygen atoms in total. The van der Waals surface area contributed by atoms with Crippen LogP contribution < -0.4 is 5.32 Å². The second-order valence-corrected chi connectivity index (χ2v) is 5.73. The Morgan fingerprint density at radius 2 is 2.11 bits per heavy atom. The number of nitrogens with zero attached hydrogens (tertiary/aromatic N) is 1. The Balaban J connectivity index is 2.75. The summed E-state index contributed by atoms with van der Waals surface area (Å²) in [5, 5.41) is 3.48. The van der Waals surface area contributed by atoms with Gasteiger partial charge in [0.1, 0.15) is 5.54 Å². The highest BCUT2D eigenvalue weighted by Crippen LogP contribution is 2.24. The van der Waals surface area contributed by atoms with Gasteiger partial charge in [0.25, 0.3) is 0 Å². The van der Waals surface area contributed by atoms with Crippen LogP contribution in [0.5, 0.6) is 0 Å². The normalized spacial score (nSPS) is 26.1. The number of likely N-dealkylation sites (tertiary alicyclic amines) is 1. The van der Waals surface area contributed by atoms with E-state index in [1.165, 1.54) is 0 Å². The number of hydrogen-bond acceptors (Lipinski definition) is 4. The van der Waals surface area contributed by atoms with Crippen LogP contribution in [-0.4, -0.2) is 49.7 Å². The molecule has 0 spiro atoms. The number of carbonyl (C=O) groups is 1. The molecular formula is C14H28N2O2. The molecule has 1 N–H and O–H groups in total. The summed E-state index contributed by atoms with van der Waals surface area (Å²) in [5.41, 5.74) is -0.467. The zero-order valence-corrected chi connectivity index (χ0v) is 12.3. The zero-order chi connectivity index (χ0) is 13.6. The second-order valence-electron chi connectivity index (χ2n) is 5.73. The molecule has 1 saturated heterocycles. The highest BCUT2D eigenvalue weighted by atomic mass is 16.5. The first-order valence-electron chi connectivity index (χ1n) is 7.11. The number of carbonyl (C=O) groups excluding carboxylic acids is 1. The molecule has 0 saturated carbocycles. The summed E-state index contributed by atoms with van der Waals surface area (Å²) in [6, 6.07) is 0. The minimum Gasteiger partial charge on any atom is -0.465 e. The Bertz CT molecular complexity index is 269. The fourth-order valence-electron chi connectivity index (χ4n) is 2.39. The second kappa shape index (κ2) is 7.10. The van der Waals surface area contributed by atoms with Crippen LogP contribution in [0.25, 0.3) is 0 Å². The predicted molar refractivity (Wildman–Crippen MR) is 73.6 cm³/mol. The van der Waals surface area contributed by atoms with Crippen molar-refractivity contribution in [3.63, 3.8) is 0 Å². The fourth-order valence-corrected chi connectivity index (χ4v) is 2.39. The summed E-state index contributed by atoms with van der Waals surface area (Å²) in [6.07, 6.45) is 2.76. The van der Waals surface area contributed by atoms with E-state index in [0.29, 0.717) is 12.5 Å². The van der Waals surface area contributed by atoms with Crippen molar-refractivity contribution in [1.82, 2.24) is 10.2 Å². The molecular weight excluding hydrogens is 228 g/mol. The van der Waals surface area contributed by atoms with Gasteiger partial charge in [-0.15, -0.1) is 0 Å². The number of nitrogens with one attached hydrogen (secondary N) is 1. The number of rotatable bonds is 5. The molecule has 1 unspecified atom stereocenters. The molecule has 1 rings (SSSR count). The van der Waals surface area contributed by atoms with Gasteiger partial charge in [0.15, 0.2) is 0 Å². The maximum atomic E-state index is 12.3. The Morgan fingerprint density at radius 3 is 2.72 bits per heavy atom. The molecule has 0 amide bonds. The molecule has 1 fully saturated rings. The van der Waals surface area contributed by atoms with Crippen LogP contribution in [0.4, 0.5) is 0 Å². The number of ether oxygens (including phenoxy) is 1. The molecule has 0 radical (unpaired) electrons. The van der Waals surface area contributed by atoms with E-state index in [1.54, 1.807) is 0 Å². The topological polar surface area (TPSA) is 41.6 Å². The Hall–Kier alpha value is -0.610. The van der Waals surface area contributed by atoms with Gasteiger partial charge in [0.2, 0.25) is 0 Å². The van der Waals surface area contributed by atoms with Gasteiger partial charge < -0.3 is 15.0 Å². The average Bonchev–Trinajstić information content (AvgIpc) is 2.50. The predicted octanol–water partition coefficient (Wildman–Crippen LogP) is 1.65. The number of hydrogen-bond donors (Lipinski definition) is 1. The van der Waals surface area contributed by atoms with Crippen molar-refractivity contribution < 1.29 is 9.53 Å². The molecule has 0 aromatic heterocycles. The van der Waals surface area contributed by atoms with Crippen LogP contribution >= 0.6 is 0 Å². The van der Waals surface area contributed by atoms with Crippen LogP contribution in [-0.2, 0) is 9.53 Å². The maximum Gasteiger partial charge on any atom is 0.326 e. The SMILES string of the molecule is CCOC(=O)C1(NCC(C)C)CCCN(C)CC1. The smallest absolute Gasteiger partial charge is 0.326 e. The van der Waals surface area contributed by atoms with Crippen molar-refractivity contribution in [2.75, 3.05) is 33.3 Å². The van der Waals surface area contributed by atoms with Gasteiger partial charge in [0, 0.05) is 6.54 Å². The Kier molecular flexibility index (Phi) is 6.09. The summed E-state index contributed by atoms with van der Waals surface area (Å²) in [4.78, 5) is 14.6. The third-order valence-corrected chi connectivity index (χ3v) is 3.58. The minimum absolute atomic E-state index is 0.0686. The van der Waals surface area contributed by atoms with Crippen LogP contribution in [0.1, 0.15) is 40.0 Å². The van der Waals surface area contributed by atoms with E-state index in [4.69, 9.17) is 4.74 Å². The molecule has 18 heavy (non-hydrogen) atoms. The van der Waals surface area contributed by atoms with Gasteiger partial charge in [-0.3, -0.25) is 4.79 Å². The van der Waals surface area contributed by atoms with Crippen LogP contribution in [0.15, 0.2) is 0 Å². The first-order valence-corrected chi connectivity index (χ1v) is 7.11. The van der Waals surface area contributed by atoms with Gasteiger partial charge in [-0.2, -0.15) is 0 Å². The van der Waals surface area contributed by atoms with Gasteiger partial charge in [0.05, 0.1) is 6.61 Å². The van der Waals surface area contributed by atoms with E-state index in [9.17, 15) is 4.79 Å². The lowest BCUT2D eigenvalue weighted by Gasteiger charge is -2.32. The molecule has 106 valence electrons. The Morgan fingerprint density at radius 1 is 1.39 bits per heavy atom. The summed E-state index contributed by atoms with van der Waals surface area (Å²) in [5.74, 6) is 0.471. The summed E-state index contributed by atoms with van der Waals surface area (Å²) in [7, 11) is 2.11. The monoisotopic (exact) mass is 256 g/mol. The summed E-state index contributed by atoms with van der Waals surface area (Å²) < 4.78 is 5.29. The van der Waals surface area contributed by atoms with E-state index in [0.717, 1.165) is 38.9 Å². The van der Waals surface area contributed by atoms with Crippen molar-refractivity contribution in [1.29, 1.82) is 0 Å². The molecule has 0 aliphatic carbocycles. The first kappa shape index (κ1) is 15.4. The fraction of sp³-hybridized carbons (Fsp3) is 0.929. The maximum absolute atomic E-state index is 12.3. The van der Waals surface area contributed by atoms with Gasteiger partial charge in [-0.05, 0) is 52.2 Å². The first-order chi connectivity index (χ1) is 8.50. The molecule has 1 atom stereocenters. The summed E-state index contributed by atoms with van der Waals surface area (Å²) >= 11 is 0. The van der Waals surface area contributed by atoms with E-state index < -0.39 is 5.54 Å². The van der Waals surface area contributed by atoms with Crippen molar-refractivity contribution in [3.05, 3.63) is 0 Å². The average molecular weight is 256 g/mol. The third-order valence-electron chi connectivity index (χ3n) is 3.58. The lowest BCUT2D eigenvalue weighted by atomic mass is 9.90. The quantitative estimate of drug-likeness (QED) is 0.760. The van der Waals surface area contributed by atoms with E-state index in [2.05, 4.69) is 31.1 Å². The van der Waals surface area contributed by atoms with Gasteiger partial charge >= 0.3 is 5.97 Å². The lowest BCUT2D eigenvalue weighted by Crippen LogP contribution is -2.54. The molecule has 1 aliphatic heterocycles. The van der Waals surface area contributed by atoms with E-state index in [1.807, 2.05) is 6.92 Å². The minimum atomic E-state index is -0.467. The zero-order valence-electron chi connectivity index (χ0n) is 12.3. The molecule has 1 heterocycles. The molecule has 0 aromatic carbocycles. The molecule has 0 aromatic rings. The summed E-state index contributed by atoms with van der Waals surface area (Å²) in [6.45, 7) is 9.52. The Labute approximate surface area is 111 Å². The highest BCUT2D eigenvalue weighted by molar-refractivity contribution is 5.81. The van der Waals surface area contributed by atoms with Crippen LogP contribution in [0, 0.1) is 5.92 Å². The largest absolute Gasteiger partial charge is 0.465 e. The van der Waals surface area contributed by atoms with Crippen molar-refractivity contribution in [2.24, 2.45) is 5.92 Å². The van der Waals surface area contributed by atoms with Crippen LogP contribution in [0.2, 0.25) is 0 Å². The van der Waals surface area contributed by atoms with Gasteiger partial charge in [-0.25, -0.2) is 0 Å². The van der Waals surface area contributed by atoms with Crippen molar-refractivity contribution >= 4 is 5.97 Å². The number of esters is 1. The lowest BCUT2D eigenvalue weighted by molar-refractivity contribution is -0.152.